The highest BCUT2D eigenvalue weighted by atomic mass is 32.1. The maximum absolute atomic E-state index is 11.6. The van der Waals surface area contributed by atoms with Crippen LogP contribution in [-0.4, -0.2) is 18.8 Å². The maximum atomic E-state index is 11.6. The largest absolute Gasteiger partial charge is 0.496 e. The molecule has 0 aromatic carbocycles. The van der Waals surface area contributed by atoms with Gasteiger partial charge in [0, 0.05) is 11.4 Å². The first-order valence-electron chi connectivity index (χ1n) is 4.74. The molecule has 0 bridgehead atoms. The summed E-state index contributed by atoms with van der Waals surface area (Å²) in [5.41, 5.74) is -0.559. The van der Waals surface area contributed by atoms with Crippen molar-refractivity contribution in [3.05, 3.63) is 11.4 Å². The zero-order valence-corrected chi connectivity index (χ0v) is 10.6. The number of hydrogen-bond acceptors (Lipinski definition) is 5. The molecule has 0 unspecified atom stereocenters. The molecule has 5 nitrogen and oxygen atoms in total. The van der Waals surface area contributed by atoms with Crippen molar-refractivity contribution in [2.24, 2.45) is 5.84 Å². The average Bonchev–Trinajstić information content (AvgIpc) is 2.61. The number of carbonyl (C=O) groups is 1. The van der Waals surface area contributed by atoms with E-state index in [1.165, 1.54) is 11.3 Å². The van der Waals surface area contributed by atoms with Crippen LogP contribution in [0.2, 0.25) is 0 Å². The van der Waals surface area contributed by atoms with Gasteiger partial charge < -0.3 is 9.47 Å². The Balaban J connectivity index is 2.70. The molecule has 0 aliphatic rings. The van der Waals surface area contributed by atoms with Gasteiger partial charge in [-0.2, -0.15) is 0 Å². The standard InChI is InChI=1S/C10H16N2O3S/c1-10(2,3)15-9(13)12(11)8-5-7(14-4)6-16-8/h5-6H,11H2,1-4H3. The SMILES string of the molecule is COc1csc(N(N)C(=O)OC(C)(C)C)c1. The first-order chi connectivity index (χ1) is 7.33. The van der Waals surface area contributed by atoms with Crippen LogP contribution in [0.5, 0.6) is 5.75 Å². The second-order valence-corrected chi connectivity index (χ2v) is 5.06. The number of ether oxygens (including phenoxy) is 2. The molecule has 1 amide bonds. The van der Waals surface area contributed by atoms with Crippen molar-refractivity contribution in [3.63, 3.8) is 0 Å². The number of anilines is 1. The number of rotatable bonds is 2. The highest BCUT2D eigenvalue weighted by Gasteiger charge is 2.22. The zero-order chi connectivity index (χ0) is 12.3. The molecular formula is C10H16N2O3S. The molecule has 1 aromatic rings. The van der Waals surface area contributed by atoms with E-state index in [0.29, 0.717) is 10.8 Å². The number of nitrogens with zero attached hydrogens (tertiary/aromatic N) is 1. The lowest BCUT2D eigenvalue weighted by Gasteiger charge is -2.23. The monoisotopic (exact) mass is 244 g/mol. The fourth-order valence-corrected chi connectivity index (χ4v) is 1.72. The molecule has 2 N–H and O–H groups in total. The van der Waals surface area contributed by atoms with E-state index in [-0.39, 0.29) is 0 Å². The van der Waals surface area contributed by atoms with Gasteiger partial charge in [0.1, 0.15) is 16.4 Å². The number of carbonyl (C=O) groups excluding carboxylic acids is 1. The van der Waals surface area contributed by atoms with E-state index in [9.17, 15) is 4.79 Å². The highest BCUT2D eigenvalue weighted by molar-refractivity contribution is 7.14. The Kier molecular flexibility index (Phi) is 3.77. The number of hydrazine groups is 1. The van der Waals surface area contributed by atoms with E-state index < -0.39 is 11.7 Å². The first kappa shape index (κ1) is 12.8. The lowest BCUT2D eigenvalue weighted by Crippen LogP contribution is -2.41. The minimum Gasteiger partial charge on any atom is -0.496 e. The van der Waals surface area contributed by atoms with Crippen molar-refractivity contribution in [2.45, 2.75) is 26.4 Å². The maximum Gasteiger partial charge on any atom is 0.430 e. The summed E-state index contributed by atoms with van der Waals surface area (Å²) in [5, 5.41) is 3.31. The molecule has 1 heterocycles. The molecule has 1 rings (SSSR count). The normalized spacial score (nSPS) is 11.1. The van der Waals surface area contributed by atoms with Crippen molar-refractivity contribution in [1.82, 2.24) is 0 Å². The Hall–Kier alpha value is -1.27. The molecule has 0 radical (unpaired) electrons. The number of hydrogen-bond donors (Lipinski definition) is 1. The van der Waals surface area contributed by atoms with Crippen molar-refractivity contribution >= 4 is 22.4 Å². The van der Waals surface area contributed by atoms with Gasteiger partial charge in [-0.15, -0.1) is 11.3 Å². The lowest BCUT2D eigenvalue weighted by molar-refractivity contribution is 0.0581. The number of methoxy groups -OCH3 is 1. The molecule has 90 valence electrons. The summed E-state index contributed by atoms with van der Waals surface area (Å²) in [4.78, 5) is 11.6. The molecule has 6 heteroatoms. The van der Waals surface area contributed by atoms with Gasteiger partial charge in [-0.05, 0) is 20.8 Å². The molecule has 1 aromatic heterocycles. The molecule has 0 fully saturated rings. The first-order valence-corrected chi connectivity index (χ1v) is 5.62. The smallest absolute Gasteiger partial charge is 0.430 e. The number of amides is 1. The fraction of sp³-hybridized carbons (Fsp3) is 0.500. The molecular weight excluding hydrogens is 228 g/mol. The average molecular weight is 244 g/mol. The third kappa shape index (κ3) is 3.39. The van der Waals surface area contributed by atoms with Crippen LogP contribution in [0.1, 0.15) is 20.8 Å². The van der Waals surface area contributed by atoms with Gasteiger partial charge in [0.05, 0.1) is 7.11 Å². The topological polar surface area (TPSA) is 64.8 Å². The molecule has 0 saturated carbocycles. The molecule has 0 spiro atoms. The van der Waals surface area contributed by atoms with Crippen LogP contribution < -0.4 is 15.6 Å². The number of nitrogens with two attached hydrogens (primary N) is 1. The summed E-state index contributed by atoms with van der Waals surface area (Å²) in [5.74, 6) is 6.29. The van der Waals surface area contributed by atoms with Gasteiger partial charge in [-0.3, -0.25) is 0 Å². The highest BCUT2D eigenvalue weighted by Crippen LogP contribution is 2.28. The van der Waals surface area contributed by atoms with Crippen LogP contribution in [0.3, 0.4) is 0 Å². The molecule has 0 saturated heterocycles. The van der Waals surface area contributed by atoms with Crippen molar-refractivity contribution in [2.75, 3.05) is 12.1 Å². The van der Waals surface area contributed by atoms with Crippen LogP contribution in [-0.2, 0) is 4.74 Å². The minimum atomic E-state index is -0.586. The van der Waals surface area contributed by atoms with Crippen LogP contribution >= 0.6 is 11.3 Å². The van der Waals surface area contributed by atoms with Crippen LogP contribution in [0, 0.1) is 0 Å². The molecule has 16 heavy (non-hydrogen) atoms. The Labute approximate surface area is 98.7 Å². The summed E-state index contributed by atoms with van der Waals surface area (Å²) in [6.07, 6.45) is -0.586. The predicted octanol–water partition coefficient (Wildman–Crippen LogP) is 2.37. The second kappa shape index (κ2) is 4.71. The summed E-state index contributed by atoms with van der Waals surface area (Å²) >= 11 is 1.31. The van der Waals surface area contributed by atoms with Gasteiger partial charge in [0.2, 0.25) is 0 Å². The van der Waals surface area contributed by atoms with Gasteiger partial charge in [-0.25, -0.2) is 15.6 Å². The summed E-state index contributed by atoms with van der Waals surface area (Å²) in [6.45, 7) is 5.36. The third-order valence-electron chi connectivity index (χ3n) is 1.62. The van der Waals surface area contributed by atoms with Crippen molar-refractivity contribution in [1.29, 1.82) is 0 Å². The van der Waals surface area contributed by atoms with E-state index in [0.717, 1.165) is 5.01 Å². The van der Waals surface area contributed by atoms with Crippen molar-refractivity contribution in [3.8, 4) is 5.75 Å². The Bertz CT molecular complexity index is 370. The quantitative estimate of drug-likeness (QED) is 0.493. The van der Waals surface area contributed by atoms with E-state index in [2.05, 4.69) is 0 Å². The van der Waals surface area contributed by atoms with Crippen LogP contribution in [0.25, 0.3) is 0 Å². The van der Waals surface area contributed by atoms with Gasteiger partial charge in [0.25, 0.3) is 0 Å². The summed E-state index contributed by atoms with van der Waals surface area (Å²) in [6, 6.07) is 1.68. The third-order valence-corrected chi connectivity index (χ3v) is 2.53. The minimum absolute atomic E-state index is 0.559. The van der Waals surface area contributed by atoms with E-state index in [1.54, 1.807) is 39.3 Å². The zero-order valence-electron chi connectivity index (χ0n) is 9.81. The Morgan fingerprint density at radius 2 is 2.12 bits per heavy atom. The Morgan fingerprint density at radius 1 is 1.50 bits per heavy atom. The summed E-state index contributed by atoms with van der Waals surface area (Å²) in [7, 11) is 1.56. The van der Waals surface area contributed by atoms with Crippen LogP contribution in [0.15, 0.2) is 11.4 Å². The van der Waals surface area contributed by atoms with Gasteiger partial charge in [-0.1, -0.05) is 0 Å². The van der Waals surface area contributed by atoms with Crippen LogP contribution in [0.4, 0.5) is 9.80 Å². The predicted molar refractivity (Wildman–Crippen MR) is 63.8 cm³/mol. The van der Waals surface area contributed by atoms with E-state index in [4.69, 9.17) is 15.3 Å². The van der Waals surface area contributed by atoms with E-state index >= 15 is 0 Å². The van der Waals surface area contributed by atoms with Gasteiger partial charge >= 0.3 is 6.09 Å². The molecule has 0 aliphatic heterocycles. The Morgan fingerprint density at radius 3 is 2.56 bits per heavy atom. The van der Waals surface area contributed by atoms with Gasteiger partial charge in [0.15, 0.2) is 0 Å². The fourth-order valence-electron chi connectivity index (χ4n) is 0.943. The van der Waals surface area contributed by atoms with E-state index in [1.807, 2.05) is 0 Å². The number of thiophene rings is 1. The lowest BCUT2D eigenvalue weighted by atomic mass is 10.2. The summed E-state index contributed by atoms with van der Waals surface area (Å²) < 4.78 is 10.1. The second-order valence-electron chi connectivity index (χ2n) is 4.18. The van der Waals surface area contributed by atoms with Crippen molar-refractivity contribution < 1.29 is 14.3 Å². The molecule has 0 aliphatic carbocycles. The molecule has 0 atom stereocenters.